The van der Waals surface area contributed by atoms with Gasteiger partial charge in [0.15, 0.2) is 5.65 Å². The quantitative estimate of drug-likeness (QED) is 0.244. The van der Waals surface area contributed by atoms with Crippen LogP contribution in [0.5, 0.6) is 5.88 Å². The van der Waals surface area contributed by atoms with E-state index in [9.17, 15) is 9.90 Å². The highest BCUT2D eigenvalue weighted by atomic mass is 16.6. The van der Waals surface area contributed by atoms with Crippen LogP contribution >= 0.6 is 0 Å². The number of hydrogen-bond donors (Lipinski definition) is 1. The number of rotatable bonds is 3. The Morgan fingerprint density at radius 1 is 1.07 bits per heavy atom. The molecule has 0 atom stereocenters. The van der Waals surface area contributed by atoms with Crippen LogP contribution in [-0.2, 0) is 16.7 Å². The SMILES string of the molecule is CC(C)(C)OC(=O)N1Cc2cc(-n3cc4cccc(N=Cc5ccnc6ncccc56)c4c3O)ccc2C(C)(C)C1. The standard InChI is InChI=1S/C33H33N5O3/c1-32(2,3)41-31(40)37-18-23-16-24(11-12-26(23)33(4,5)20-37)38-19-22-8-6-10-27(28(22)30(38)39)36-17-21-13-15-35-29-25(21)9-7-14-34-29/h6-17,19,39H,18,20H2,1-5H3. The number of benzene rings is 2. The predicted molar refractivity (Wildman–Crippen MR) is 161 cm³/mol. The molecule has 208 valence electrons. The maximum Gasteiger partial charge on any atom is 0.410 e. The Hall–Kier alpha value is -4.72. The smallest absolute Gasteiger partial charge is 0.410 e. The highest BCUT2D eigenvalue weighted by Crippen LogP contribution is 2.39. The molecule has 8 heteroatoms. The van der Waals surface area contributed by atoms with Gasteiger partial charge in [0.2, 0.25) is 5.88 Å². The van der Waals surface area contributed by atoms with E-state index in [-0.39, 0.29) is 17.4 Å². The van der Waals surface area contributed by atoms with Crippen LogP contribution in [0.25, 0.3) is 27.5 Å². The van der Waals surface area contributed by atoms with Gasteiger partial charge in [0, 0.05) is 65.3 Å². The molecule has 4 heterocycles. The Morgan fingerprint density at radius 3 is 2.68 bits per heavy atom. The van der Waals surface area contributed by atoms with Crippen LogP contribution in [0.3, 0.4) is 0 Å². The van der Waals surface area contributed by atoms with Gasteiger partial charge in [-0.25, -0.2) is 14.8 Å². The molecule has 41 heavy (non-hydrogen) atoms. The Labute approximate surface area is 239 Å². The lowest BCUT2D eigenvalue weighted by atomic mass is 9.78. The number of pyridine rings is 2. The van der Waals surface area contributed by atoms with Crippen molar-refractivity contribution in [3.05, 3.63) is 89.9 Å². The van der Waals surface area contributed by atoms with Crippen LogP contribution in [0, 0.1) is 0 Å². The molecule has 0 bridgehead atoms. The van der Waals surface area contributed by atoms with Gasteiger partial charge in [0.25, 0.3) is 0 Å². The molecule has 6 rings (SSSR count). The third-order valence-corrected chi connectivity index (χ3v) is 7.38. The highest BCUT2D eigenvalue weighted by molar-refractivity contribution is 6.02. The highest BCUT2D eigenvalue weighted by Gasteiger charge is 2.36. The second-order valence-electron chi connectivity index (χ2n) is 12.2. The number of amides is 1. The normalized spacial score (nSPS) is 15.0. The summed E-state index contributed by atoms with van der Waals surface area (Å²) in [5, 5.41) is 13.9. The summed E-state index contributed by atoms with van der Waals surface area (Å²) in [5.41, 5.74) is 4.40. The summed E-state index contributed by atoms with van der Waals surface area (Å²) >= 11 is 0. The monoisotopic (exact) mass is 547 g/mol. The van der Waals surface area contributed by atoms with E-state index in [1.54, 1.807) is 28.1 Å². The van der Waals surface area contributed by atoms with Crippen LogP contribution in [0.15, 0.2) is 78.2 Å². The zero-order valence-electron chi connectivity index (χ0n) is 23.9. The van der Waals surface area contributed by atoms with Crippen molar-refractivity contribution < 1.29 is 14.6 Å². The van der Waals surface area contributed by atoms with Crippen molar-refractivity contribution in [1.82, 2.24) is 19.4 Å². The van der Waals surface area contributed by atoms with Gasteiger partial charge in [-0.05, 0) is 68.3 Å². The van der Waals surface area contributed by atoms with Gasteiger partial charge in [-0.2, -0.15) is 0 Å². The predicted octanol–water partition coefficient (Wildman–Crippen LogP) is 7.06. The molecule has 1 N–H and O–H groups in total. The zero-order valence-corrected chi connectivity index (χ0v) is 23.9. The molecule has 0 spiro atoms. The maximum atomic E-state index is 12.9. The van der Waals surface area contributed by atoms with Gasteiger partial charge in [-0.1, -0.05) is 32.0 Å². The third-order valence-electron chi connectivity index (χ3n) is 7.38. The van der Waals surface area contributed by atoms with Crippen molar-refractivity contribution in [2.45, 2.75) is 52.2 Å². The minimum atomic E-state index is -0.567. The van der Waals surface area contributed by atoms with E-state index in [2.05, 4.69) is 29.9 Å². The molecule has 8 nitrogen and oxygen atoms in total. The summed E-state index contributed by atoms with van der Waals surface area (Å²) < 4.78 is 7.45. The molecule has 0 aliphatic carbocycles. The topological polar surface area (TPSA) is 92.8 Å². The summed E-state index contributed by atoms with van der Waals surface area (Å²) in [6.45, 7) is 10.9. The number of hydrogen-bond acceptors (Lipinski definition) is 6. The fraction of sp³-hybridized carbons (Fsp3) is 0.273. The van der Waals surface area contributed by atoms with Crippen LogP contribution in [0.4, 0.5) is 10.5 Å². The molecule has 0 saturated carbocycles. The minimum Gasteiger partial charge on any atom is -0.494 e. The zero-order chi connectivity index (χ0) is 28.9. The third kappa shape index (κ3) is 5.01. The van der Waals surface area contributed by atoms with Crippen molar-refractivity contribution in [1.29, 1.82) is 0 Å². The summed E-state index contributed by atoms with van der Waals surface area (Å²) in [4.78, 5) is 28.1. The van der Waals surface area contributed by atoms with Gasteiger partial charge in [0.1, 0.15) is 5.60 Å². The molecular weight excluding hydrogens is 514 g/mol. The Balaban J connectivity index is 1.37. The van der Waals surface area contributed by atoms with Gasteiger partial charge >= 0.3 is 6.09 Å². The Kier molecular flexibility index (Phi) is 6.29. The summed E-state index contributed by atoms with van der Waals surface area (Å²) in [7, 11) is 0. The second kappa shape index (κ2) is 9.73. The minimum absolute atomic E-state index is 0.105. The molecule has 0 radical (unpaired) electrons. The van der Waals surface area contributed by atoms with Gasteiger partial charge in [0.05, 0.1) is 11.1 Å². The fourth-order valence-corrected chi connectivity index (χ4v) is 5.59. The number of carbonyl (C=O) groups excluding carboxylic acids is 1. The number of ether oxygens (including phenoxy) is 1. The Morgan fingerprint density at radius 2 is 1.88 bits per heavy atom. The van der Waals surface area contributed by atoms with Crippen molar-refractivity contribution in [2.24, 2.45) is 4.99 Å². The first-order valence-electron chi connectivity index (χ1n) is 13.7. The lowest BCUT2D eigenvalue weighted by Crippen LogP contribution is -2.46. The van der Waals surface area contributed by atoms with Gasteiger partial charge < -0.3 is 14.7 Å². The number of fused-ring (bicyclic) bond motifs is 3. The molecule has 0 unspecified atom stereocenters. The maximum absolute atomic E-state index is 12.9. The Bertz CT molecular complexity index is 1830. The first kappa shape index (κ1) is 26.5. The molecule has 2 aromatic carbocycles. The molecule has 5 aromatic rings. The summed E-state index contributed by atoms with van der Waals surface area (Å²) in [6.07, 6.45) is 6.80. The molecule has 1 aliphatic rings. The first-order valence-corrected chi connectivity index (χ1v) is 13.7. The average molecular weight is 548 g/mol. The largest absolute Gasteiger partial charge is 0.494 e. The van der Waals surface area contributed by atoms with E-state index in [0.29, 0.717) is 29.8 Å². The van der Waals surface area contributed by atoms with E-state index >= 15 is 0 Å². The first-order chi connectivity index (χ1) is 19.5. The number of aromatic hydroxyl groups is 1. The van der Waals surface area contributed by atoms with E-state index in [1.165, 1.54) is 5.56 Å². The summed E-state index contributed by atoms with van der Waals surface area (Å²) in [5.74, 6) is 0.105. The number of aromatic nitrogens is 3. The molecule has 0 fully saturated rings. The fourth-order valence-electron chi connectivity index (χ4n) is 5.59. The van der Waals surface area contributed by atoms with Gasteiger partial charge in [-0.15, -0.1) is 0 Å². The van der Waals surface area contributed by atoms with Crippen molar-refractivity contribution >= 4 is 39.8 Å². The van der Waals surface area contributed by atoms with E-state index in [4.69, 9.17) is 9.73 Å². The van der Waals surface area contributed by atoms with Gasteiger partial charge in [-0.3, -0.25) is 9.56 Å². The van der Waals surface area contributed by atoms with Crippen LogP contribution in [-0.4, -0.2) is 49.0 Å². The lowest BCUT2D eigenvalue weighted by molar-refractivity contribution is 0.0174. The number of carbonyl (C=O) groups is 1. The second-order valence-corrected chi connectivity index (χ2v) is 12.2. The van der Waals surface area contributed by atoms with Crippen molar-refractivity contribution in [2.75, 3.05) is 6.54 Å². The lowest BCUT2D eigenvalue weighted by Gasteiger charge is -2.40. The van der Waals surface area contributed by atoms with E-state index in [1.807, 2.05) is 75.5 Å². The van der Waals surface area contributed by atoms with Crippen LogP contribution < -0.4 is 0 Å². The molecule has 1 aliphatic heterocycles. The molecule has 3 aromatic heterocycles. The van der Waals surface area contributed by atoms with E-state index in [0.717, 1.165) is 27.6 Å². The van der Waals surface area contributed by atoms with Crippen LogP contribution in [0.1, 0.15) is 51.3 Å². The van der Waals surface area contributed by atoms with E-state index < -0.39 is 5.60 Å². The molecular formula is C33H33N5O3. The molecule has 1 amide bonds. The number of aliphatic imine (C=N–C) groups is 1. The van der Waals surface area contributed by atoms with Crippen molar-refractivity contribution in [3.8, 4) is 11.6 Å². The molecule has 0 saturated heterocycles. The number of nitrogens with zero attached hydrogens (tertiary/aromatic N) is 5. The summed E-state index contributed by atoms with van der Waals surface area (Å²) in [6, 6.07) is 17.7. The average Bonchev–Trinajstić information content (AvgIpc) is 3.27. The van der Waals surface area contributed by atoms with Crippen LogP contribution in [0.2, 0.25) is 0 Å². The van der Waals surface area contributed by atoms with Crippen molar-refractivity contribution in [3.63, 3.8) is 0 Å².